The van der Waals surface area contributed by atoms with Gasteiger partial charge in [-0.15, -0.1) is 0 Å². The molecule has 1 heterocycles. The van der Waals surface area contributed by atoms with Crippen LogP contribution < -0.4 is 10.2 Å². The van der Waals surface area contributed by atoms with Crippen molar-refractivity contribution >= 4 is 0 Å². The van der Waals surface area contributed by atoms with Crippen molar-refractivity contribution in [3.8, 4) is 5.75 Å². The smallest absolute Gasteiger partial charge is 0.124 e. The highest BCUT2D eigenvalue weighted by Gasteiger charge is 2.26. The molecule has 1 aromatic rings. The Kier molecular flexibility index (Phi) is 2.91. The summed E-state index contributed by atoms with van der Waals surface area (Å²) < 4.78 is 5.59. The standard InChI is InChI=1S/C13H19NO2/c1-13(2,3)9-5-6-12-10(7-9)11(8-16-12)14-15-4/h5-7,11,14H,8H2,1-4H3. The Morgan fingerprint density at radius 1 is 1.38 bits per heavy atom. The van der Waals surface area contributed by atoms with Gasteiger partial charge in [0, 0.05) is 5.56 Å². The van der Waals surface area contributed by atoms with Crippen LogP contribution in [-0.4, -0.2) is 13.7 Å². The first-order valence-corrected chi connectivity index (χ1v) is 5.58. The lowest BCUT2D eigenvalue weighted by Gasteiger charge is -2.20. The van der Waals surface area contributed by atoms with Crippen LogP contribution in [0.1, 0.15) is 37.9 Å². The first-order chi connectivity index (χ1) is 7.52. The van der Waals surface area contributed by atoms with Gasteiger partial charge in [0.05, 0.1) is 13.2 Å². The van der Waals surface area contributed by atoms with Gasteiger partial charge in [0.15, 0.2) is 0 Å². The zero-order chi connectivity index (χ0) is 11.8. The number of benzene rings is 1. The van der Waals surface area contributed by atoms with Crippen LogP contribution in [0.2, 0.25) is 0 Å². The molecular weight excluding hydrogens is 202 g/mol. The number of ether oxygens (including phenoxy) is 1. The highest BCUT2D eigenvalue weighted by Crippen LogP contribution is 2.35. The summed E-state index contributed by atoms with van der Waals surface area (Å²) in [5.74, 6) is 0.961. The molecule has 16 heavy (non-hydrogen) atoms. The third-order valence-corrected chi connectivity index (χ3v) is 2.92. The predicted octanol–water partition coefficient (Wildman–Crippen LogP) is 2.57. The number of hydroxylamine groups is 1. The normalized spacial score (nSPS) is 19.4. The third kappa shape index (κ3) is 2.06. The lowest BCUT2D eigenvalue weighted by Crippen LogP contribution is -2.21. The number of hydrogen-bond donors (Lipinski definition) is 1. The van der Waals surface area contributed by atoms with E-state index in [0.29, 0.717) is 6.61 Å². The summed E-state index contributed by atoms with van der Waals surface area (Å²) in [6.07, 6.45) is 0. The van der Waals surface area contributed by atoms with Crippen LogP contribution >= 0.6 is 0 Å². The molecule has 0 radical (unpaired) electrons. The second-order valence-electron chi connectivity index (χ2n) is 5.19. The predicted molar refractivity (Wildman–Crippen MR) is 63.5 cm³/mol. The van der Waals surface area contributed by atoms with Gasteiger partial charge in [0.2, 0.25) is 0 Å². The van der Waals surface area contributed by atoms with Gasteiger partial charge in [-0.25, -0.2) is 0 Å². The van der Waals surface area contributed by atoms with Gasteiger partial charge < -0.3 is 9.57 Å². The summed E-state index contributed by atoms with van der Waals surface area (Å²) in [6, 6.07) is 6.53. The third-order valence-electron chi connectivity index (χ3n) is 2.92. The number of nitrogens with one attached hydrogen (secondary N) is 1. The molecule has 0 spiro atoms. The van der Waals surface area contributed by atoms with Crippen LogP contribution in [0.15, 0.2) is 18.2 Å². The largest absolute Gasteiger partial charge is 0.491 e. The van der Waals surface area contributed by atoms with E-state index in [0.717, 1.165) is 5.75 Å². The summed E-state index contributed by atoms with van der Waals surface area (Å²) >= 11 is 0. The molecule has 0 saturated heterocycles. The SMILES string of the molecule is CONC1COc2ccc(C(C)(C)C)cc21. The molecule has 0 bridgehead atoms. The lowest BCUT2D eigenvalue weighted by atomic mass is 9.85. The summed E-state index contributed by atoms with van der Waals surface area (Å²) in [5, 5.41) is 0. The van der Waals surface area contributed by atoms with E-state index in [2.05, 4.69) is 38.4 Å². The van der Waals surface area contributed by atoms with Crippen LogP contribution in [-0.2, 0) is 10.3 Å². The molecule has 0 fully saturated rings. The first-order valence-electron chi connectivity index (χ1n) is 5.58. The maximum absolute atomic E-state index is 5.59. The van der Waals surface area contributed by atoms with Crippen LogP contribution in [0, 0.1) is 0 Å². The molecule has 3 heteroatoms. The minimum atomic E-state index is 0.141. The monoisotopic (exact) mass is 221 g/mol. The first kappa shape index (κ1) is 11.4. The van der Waals surface area contributed by atoms with E-state index in [1.54, 1.807) is 7.11 Å². The minimum Gasteiger partial charge on any atom is -0.491 e. The summed E-state index contributed by atoms with van der Waals surface area (Å²) in [5.41, 5.74) is 5.62. The highest BCUT2D eigenvalue weighted by atomic mass is 16.6. The second kappa shape index (κ2) is 4.07. The molecule has 0 saturated carbocycles. The maximum Gasteiger partial charge on any atom is 0.124 e. The van der Waals surface area contributed by atoms with Crippen LogP contribution in [0.5, 0.6) is 5.75 Å². The van der Waals surface area contributed by atoms with E-state index in [4.69, 9.17) is 9.57 Å². The lowest BCUT2D eigenvalue weighted by molar-refractivity contribution is 0.0536. The van der Waals surface area contributed by atoms with Crippen LogP contribution in [0.4, 0.5) is 0 Å². The topological polar surface area (TPSA) is 30.5 Å². The van der Waals surface area contributed by atoms with Gasteiger partial charge >= 0.3 is 0 Å². The molecule has 0 amide bonds. The van der Waals surface area contributed by atoms with Crippen molar-refractivity contribution in [2.24, 2.45) is 0 Å². The molecule has 0 aliphatic carbocycles. The van der Waals surface area contributed by atoms with Gasteiger partial charge in [-0.1, -0.05) is 26.8 Å². The summed E-state index contributed by atoms with van der Waals surface area (Å²) in [4.78, 5) is 4.98. The van der Waals surface area contributed by atoms with Gasteiger partial charge in [-0.05, 0) is 23.1 Å². The van der Waals surface area contributed by atoms with Gasteiger partial charge in [0.25, 0.3) is 0 Å². The van der Waals surface area contributed by atoms with E-state index < -0.39 is 0 Å². The quantitative estimate of drug-likeness (QED) is 0.779. The molecule has 1 aliphatic rings. The van der Waals surface area contributed by atoms with Gasteiger partial charge in [0.1, 0.15) is 12.4 Å². The molecule has 3 nitrogen and oxygen atoms in total. The fraction of sp³-hybridized carbons (Fsp3) is 0.538. The Balaban J connectivity index is 2.34. The average Bonchev–Trinajstić information content (AvgIpc) is 2.60. The fourth-order valence-electron chi connectivity index (χ4n) is 1.92. The zero-order valence-electron chi connectivity index (χ0n) is 10.3. The van der Waals surface area contributed by atoms with Crippen molar-refractivity contribution in [2.75, 3.05) is 13.7 Å². The Bertz CT molecular complexity index is 380. The molecule has 0 aromatic heterocycles. The maximum atomic E-state index is 5.59. The van der Waals surface area contributed by atoms with Crippen molar-refractivity contribution < 1.29 is 9.57 Å². The number of fused-ring (bicyclic) bond motifs is 1. The highest BCUT2D eigenvalue weighted by molar-refractivity contribution is 5.43. The van der Waals surface area contributed by atoms with Crippen molar-refractivity contribution in [3.05, 3.63) is 29.3 Å². The summed E-state index contributed by atoms with van der Waals surface area (Å²) in [6.45, 7) is 7.27. The second-order valence-corrected chi connectivity index (χ2v) is 5.19. The molecule has 2 rings (SSSR count). The fourth-order valence-corrected chi connectivity index (χ4v) is 1.92. The number of hydrogen-bond acceptors (Lipinski definition) is 3. The summed E-state index contributed by atoms with van der Waals surface area (Å²) in [7, 11) is 1.63. The van der Waals surface area contributed by atoms with E-state index in [-0.39, 0.29) is 11.5 Å². The molecule has 1 aliphatic heterocycles. The van der Waals surface area contributed by atoms with E-state index in [1.807, 2.05) is 6.07 Å². The Morgan fingerprint density at radius 2 is 2.12 bits per heavy atom. The van der Waals surface area contributed by atoms with Gasteiger partial charge in [-0.2, -0.15) is 5.48 Å². The van der Waals surface area contributed by atoms with E-state index in [1.165, 1.54) is 11.1 Å². The molecule has 1 unspecified atom stereocenters. The molecule has 88 valence electrons. The molecule has 1 aromatic carbocycles. The Morgan fingerprint density at radius 3 is 2.75 bits per heavy atom. The van der Waals surface area contributed by atoms with Crippen LogP contribution in [0.3, 0.4) is 0 Å². The van der Waals surface area contributed by atoms with Crippen molar-refractivity contribution in [1.29, 1.82) is 0 Å². The minimum absolute atomic E-state index is 0.141. The van der Waals surface area contributed by atoms with E-state index in [9.17, 15) is 0 Å². The number of rotatable bonds is 2. The molecular formula is C13H19NO2. The van der Waals surface area contributed by atoms with Crippen molar-refractivity contribution in [2.45, 2.75) is 32.2 Å². The average molecular weight is 221 g/mol. The van der Waals surface area contributed by atoms with E-state index >= 15 is 0 Å². The molecule has 1 atom stereocenters. The Hall–Kier alpha value is -1.06. The molecule has 1 N–H and O–H groups in total. The zero-order valence-corrected chi connectivity index (χ0v) is 10.3. The van der Waals surface area contributed by atoms with Crippen molar-refractivity contribution in [3.63, 3.8) is 0 Å². The Labute approximate surface area is 96.7 Å². The van der Waals surface area contributed by atoms with Crippen molar-refractivity contribution in [1.82, 2.24) is 5.48 Å². The van der Waals surface area contributed by atoms with Crippen LogP contribution in [0.25, 0.3) is 0 Å². The van der Waals surface area contributed by atoms with Gasteiger partial charge in [-0.3, -0.25) is 0 Å².